The Morgan fingerprint density at radius 1 is 1.19 bits per heavy atom. The third kappa shape index (κ3) is 3.38. The molecule has 0 spiro atoms. The first-order valence-electron chi connectivity index (χ1n) is 5.81. The van der Waals surface area contributed by atoms with Crippen molar-refractivity contribution in [3.63, 3.8) is 0 Å². The molecule has 0 radical (unpaired) electrons. The predicted octanol–water partition coefficient (Wildman–Crippen LogP) is 3.26. The van der Waals surface area contributed by atoms with E-state index in [4.69, 9.17) is 4.74 Å². The second-order valence-corrected chi connectivity index (χ2v) is 4.13. The van der Waals surface area contributed by atoms with Crippen LogP contribution in [0.25, 0.3) is 0 Å². The van der Waals surface area contributed by atoms with E-state index in [2.05, 4.69) is 0 Å². The summed E-state index contributed by atoms with van der Waals surface area (Å²) < 4.78 is 31.6. The quantitative estimate of drug-likeness (QED) is 0.482. The van der Waals surface area contributed by atoms with Crippen LogP contribution < -0.4 is 4.74 Å². The van der Waals surface area contributed by atoms with Gasteiger partial charge in [-0.1, -0.05) is 0 Å². The Morgan fingerprint density at radius 3 is 2.62 bits per heavy atom. The van der Waals surface area contributed by atoms with Crippen LogP contribution in [0.5, 0.6) is 5.75 Å². The molecule has 0 bridgehead atoms. The summed E-state index contributed by atoms with van der Waals surface area (Å²) in [5.41, 5.74) is -0.270. The first kappa shape index (κ1) is 14.6. The van der Waals surface area contributed by atoms with Crippen molar-refractivity contribution in [2.45, 2.75) is 6.61 Å². The van der Waals surface area contributed by atoms with E-state index in [9.17, 15) is 23.7 Å². The Balaban J connectivity index is 2.28. The fraction of sp³-hybridized carbons (Fsp3) is 0.0714. The highest BCUT2D eigenvalue weighted by atomic mass is 19.1. The molecule has 5 nitrogen and oxygen atoms in total. The molecule has 0 heterocycles. The zero-order valence-corrected chi connectivity index (χ0v) is 10.6. The lowest BCUT2D eigenvalue weighted by molar-refractivity contribution is -0.385. The van der Waals surface area contributed by atoms with Crippen LogP contribution in [0.15, 0.2) is 36.4 Å². The van der Waals surface area contributed by atoms with Crippen LogP contribution in [0.3, 0.4) is 0 Å². The maximum atomic E-state index is 13.4. The molecule has 21 heavy (non-hydrogen) atoms. The number of carbonyl (C=O) groups excluding carboxylic acids is 1. The van der Waals surface area contributed by atoms with Crippen molar-refractivity contribution >= 4 is 12.0 Å². The fourth-order valence-electron chi connectivity index (χ4n) is 1.68. The van der Waals surface area contributed by atoms with Crippen molar-refractivity contribution in [1.82, 2.24) is 0 Å². The van der Waals surface area contributed by atoms with Gasteiger partial charge in [-0.3, -0.25) is 14.9 Å². The topological polar surface area (TPSA) is 69.4 Å². The van der Waals surface area contributed by atoms with Gasteiger partial charge in [-0.05, 0) is 30.3 Å². The number of halogens is 2. The molecule has 0 fully saturated rings. The van der Waals surface area contributed by atoms with Gasteiger partial charge in [0, 0.05) is 17.2 Å². The van der Waals surface area contributed by atoms with Gasteiger partial charge in [-0.15, -0.1) is 0 Å². The largest absolute Gasteiger partial charge is 0.482 e. The molecule has 0 atom stereocenters. The number of nitro benzene ring substituents is 1. The summed E-state index contributed by atoms with van der Waals surface area (Å²) in [6.45, 7) is -0.396. The first-order valence-corrected chi connectivity index (χ1v) is 5.81. The Hall–Kier alpha value is -2.83. The van der Waals surface area contributed by atoms with Crippen molar-refractivity contribution in [3.8, 4) is 5.75 Å². The van der Waals surface area contributed by atoms with E-state index in [-0.39, 0.29) is 22.6 Å². The lowest BCUT2D eigenvalue weighted by Crippen LogP contribution is -2.02. The van der Waals surface area contributed by atoms with E-state index in [1.807, 2.05) is 0 Å². The molecule has 0 unspecified atom stereocenters. The number of hydrogen-bond donors (Lipinski definition) is 0. The maximum Gasteiger partial charge on any atom is 0.310 e. The second-order valence-electron chi connectivity index (χ2n) is 4.13. The van der Waals surface area contributed by atoms with Crippen LogP contribution in [0.4, 0.5) is 14.5 Å². The Bertz CT molecular complexity index is 703. The number of aldehydes is 1. The lowest BCUT2D eigenvalue weighted by Gasteiger charge is -2.08. The van der Waals surface area contributed by atoms with Crippen LogP contribution in [0.1, 0.15) is 15.9 Å². The standard InChI is InChI=1S/C14H9F2NO4/c15-11-2-3-12(16)10(6-11)8-21-14-5-9(7-18)1-4-13(14)17(19)20/h1-7H,8H2. The minimum atomic E-state index is -0.689. The second kappa shape index (κ2) is 6.08. The summed E-state index contributed by atoms with van der Waals surface area (Å²) in [7, 11) is 0. The summed E-state index contributed by atoms with van der Waals surface area (Å²) in [5.74, 6) is -1.52. The maximum absolute atomic E-state index is 13.4. The third-order valence-corrected chi connectivity index (χ3v) is 2.71. The number of ether oxygens (including phenoxy) is 1. The van der Waals surface area contributed by atoms with Crippen molar-refractivity contribution < 1.29 is 23.2 Å². The first-order chi connectivity index (χ1) is 10.0. The minimum Gasteiger partial charge on any atom is -0.482 e. The minimum absolute atomic E-state index is 0.0826. The molecule has 0 saturated heterocycles. The van der Waals surface area contributed by atoms with Crippen molar-refractivity contribution in [1.29, 1.82) is 0 Å². The molecule has 0 saturated carbocycles. The van der Waals surface area contributed by atoms with E-state index < -0.39 is 23.2 Å². The van der Waals surface area contributed by atoms with E-state index >= 15 is 0 Å². The number of benzene rings is 2. The summed E-state index contributed by atoms with van der Waals surface area (Å²) >= 11 is 0. The summed E-state index contributed by atoms with van der Waals surface area (Å²) in [6.07, 6.45) is 0.499. The van der Waals surface area contributed by atoms with Gasteiger partial charge in [-0.2, -0.15) is 0 Å². The SMILES string of the molecule is O=Cc1ccc([N+](=O)[O-])c(OCc2cc(F)ccc2F)c1. The van der Waals surface area contributed by atoms with Crippen LogP contribution in [0.2, 0.25) is 0 Å². The van der Waals surface area contributed by atoms with Gasteiger partial charge in [0.1, 0.15) is 24.5 Å². The van der Waals surface area contributed by atoms with E-state index in [0.717, 1.165) is 24.3 Å². The van der Waals surface area contributed by atoms with E-state index in [1.54, 1.807) is 0 Å². The zero-order chi connectivity index (χ0) is 15.4. The van der Waals surface area contributed by atoms with Crippen molar-refractivity contribution in [2.24, 2.45) is 0 Å². The molecule has 0 N–H and O–H groups in total. The van der Waals surface area contributed by atoms with Crippen LogP contribution >= 0.6 is 0 Å². The highest BCUT2D eigenvalue weighted by Crippen LogP contribution is 2.28. The number of rotatable bonds is 5. The van der Waals surface area contributed by atoms with Gasteiger partial charge in [0.25, 0.3) is 0 Å². The third-order valence-electron chi connectivity index (χ3n) is 2.71. The molecule has 0 aromatic heterocycles. The summed E-state index contributed by atoms with van der Waals surface area (Å²) in [4.78, 5) is 20.8. The van der Waals surface area contributed by atoms with E-state index in [1.165, 1.54) is 12.1 Å². The number of hydrogen-bond acceptors (Lipinski definition) is 4. The Labute approximate surface area is 117 Å². The number of carbonyl (C=O) groups is 1. The van der Waals surface area contributed by atoms with Crippen LogP contribution in [0, 0.1) is 21.7 Å². The lowest BCUT2D eigenvalue weighted by atomic mass is 10.2. The van der Waals surface area contributed by atoms with Crippen LogP contribution in [-0.2, 0) is 6.61 Å². The average molecular weight is 293 g/mol. The monoisotopic (exact) mass is 293 g/mol. The van der Waals surface area contributed by atoms with Gasteiger partial charge < -0.3 is 4.74 Å². The molecule has 2 rings (SSSR count). The Morgan fingerprint density at radius 2 is 1.95 bits per heavy atom. The fourth-order valence-corrected chi connectivity index (χ4v) is 1.68. The van der Waals surface area contributed by atoms with Gasteiger partial charge in [0.15, 0.2) is 5.75 Å². The number of nitro groups is 1. The van der Waals surface area contributed by atoms with Crippen molar-refractivity contribution in [3.05, 3.63) is 69.3 Å². The van der Waals surface area contributed by atoms with Gasteiger partial charge >= 0.3 is 5.69 Å². The highest BCUT2D eigenvalue weighted by Gasteiger charge is 2.16. The number of nitrogens with zero attached hydrogens (tertiary/aromatic N) is 1. The van der Waals surface area contributed by atoms with Gasteiger partial charge in [-0.25, -0.2) is 8.78 Å². The molecule has 0 aliphatic carbocycles. The van der Waals surface area contributed by atoms with Gasteiger partial charge in [0.2, 0.25) is 0 Å². The molecular formula is C14H9F2NO4. The summed E-state index contributed by atoms with van der Waals surface area (Å²) in [5, 5.41) is 10.9. The van der Waals surface area contributed by atoms with E-state index in [0.29, 0.717) is 6.29 Å². The molecule has 0 amide bonds. The van der Waals surface area contributed by atoms with Crippen LogP contribution in [-0.4, -0.2) is 11.2 Å². The predicted molar refractivity (Wildman–Crippen MR) is 69.2 cm³/mol. The average Bonchev–Trinajstić information content (AvgIpc) is 2.47. The highest BCUT2D eigenvalue weighted by molar-refractivity contribution is 5.76. The normalized spacial score (nSPS) is 10.2. The molecule has 2 aromatic carbocycles. The molecule has 108 valence electrons. The molecular weight excluding hydrogens is 284 g/mol. The molecule has 0 aliphatic rings. The molecule has 2 aromatic rings. The van der Waals surface area contributed by atoms with Crippen molar-refractivity contribution in [2.75, 3.05) is 0 Å². The molecule has 0 aliphatic heterocycles. The molecule has 7 heteroatoms. The summed E-state index contributed by atoms with van der Waals surface area (Å²) in [6, 6.07) is 6.37. The van der Waals surface area contributed by atoms with Gasteiger partial charge in [0.05, 0.1) is 4.92 Å². The smallest absolute Gasteiger partial charge is 0.310 e. The Kier molecular flexibility index (Phi) is 4.22. The zero-order valence-electron chi connectivity index (χ0n) is 10.6.